The number of aryl methyl sites for hydroxylation is 1. The number of carbonyl (C=O) groups excluding carboxylic acids is 4. The van der Waals surface area contributed by atoms with Gasteiger partial charge in [0.15, 0.2) is 11.0 Å². The smallest absolute Gasteiger partial charge is 0.243 e. The number of nitrogens with one attached hydrogen (secondary N) is 1. The molecular weight excluding hydrogens is 554 g/mol. The van der Waals surface area contributed by atoms with Gasteiger partial charge in [0.1, 0.15) is 6.04 Å². The van der Waals surface area contributed by atoms with Crippen LogP contribution >= 0.6 is 11.3 Å². The van der Waals surface area contributed by atoms with Crippen LogP contribution < -0.4 is 16.8 Å². The molecule has 0 bridgehead atoms. The highest BCUT2D eigenvalue weighted by Gasteiger charge is 2.46. The number of hydrogen-bond acceptors (Lipinski definition) is 7. The van der Waals surface area contributed by atoms with Crippen LogP contribution in [-0.2, 0) is 20.8 Å². The van der Waals surface area contributed by atoms with Crippen LogP contribution in [0.15, 0.2) is 46.9 Å². The van der Waals surface area contributed by atoms with Crippen LogP contribution in [0.2, 0.25) is 0 Å². The molecular formula is C30H39N7O4S. The second-order valence-corrected chi connectivity index (χ2v) is 12.4. The highest BCUT2D eigenvalue weighted by atomic mass is 32.1. The number of thiazole rings is 1. The van der Waals surface area contributed by atoms with E-state index in [-0.39, 0.29) is 54.0 Å². The first-order valence-corrected chi connectivity index (χ1v) is 15.6. The molecule has 4 unspecified atom stereocenters. The molecule has 2 aliphatic heterocycles. The molecule has 5 atom stereocenters. The summed E-state index contributed by atoms with van der Waals surface area (Å²) < 4.78 is 0. The molecule has 2 aromatic rings. The Morgan fingerprint density at radius 3 is 2.67 bits per heavy atom. The SMILES string of the molecule is NC(N)=NC1CCCC(CC(NC(=O)C2CC[C@H]3CN(C(=O)CCc4ccccc4)CC(=O)N23)C(=O)c2nccs2)C1. The van der Waals surface area contributed by atoms with Crippen LogP contribution in [0.25, 0.3) is 0 Å². The number of ketones is 1. The van der Waals surface area contributed by atoms with E-state index in [9.17, 15) is 19.2 Å². The zero-order chi connectivity index (χ0) is 29.6. The Bertz CT molecular complexity index is 1300. The monoisotopic (exact) mass is 593 g/mol. The minimum Gasteiger partial charge on any atom is -0.370 e. The van der Waals surface area contributed by atoms with Crippen molar-refractivity contribution in [2.75, 3.05) is 13.1 Å². The fourth-order valence-electron chi connectivity index (χ4n) is 6.64. The van der Waals surface area contributed by atoms with Crippen molar-refractivity contribution in [3.8, 4) is 0 Å². The molecule has 2 saturated heterocycles. The summed E-state index contributed by atoms with van der Waals surface area (Å²) in [4.78, 5) is 65.1. The molecule has 11 nitrogen and oxygen atoms in total. The minimum atomic E-state index is -0.762. The van der Waals surface area contributed by atoms with Crippen molar-refractivity contribution < 1.29 is 19.2 Å². The summed E-state index contributed by atoms with van der Waals surface area (Å²) in [6, 6.07) is 8.15. The lowest BCUT2D eigenvalue weighted by atomic mass is 9.81. The van der Waals surface area contributed by atoms with Crippen molar-refractivity contribution in [1.29, 1.82) is 0 Å². The number of aliphatic imine (C=N–C) groups is 1. The summed E-state index contributed by atoms with van der Waals surface area (Å²) >= 11 is 1.24. The molecule has 12 heteroatoms. The molecule has 0 radical (unpaired) electrons. The molecule has 5 rings (SSSR count). The quantitative estimate of drug-likeness (QED) is 0.215. The third kappa shape index (κ3) is 7.15. The number of nitrogens with two attached hydrogens (primary N) is 2. The predicted octanol–water partition coefficient (Wildman–Crippen LogP) is 1.87. The average Bonchev–Trinajstić information content (AvgIpc) is 3.67. The molecule has 1 aromatic carbocycles. The van der Waals surface area contributed by atoms with Crippen LogP contribution in [0, 0.1) is 5.92 Å². The first kappa shape index (κ1) is 29.7. The second-order valence-electron chi connectivity index (χ2n) is 11.5. The number of Topliss-reactive ketones (excluding diaryl/α,β-unsaturated/α-hetero) is 1. The number of hydrogen-bond donors (Lipinski definition) is 3. The first-order chi connectivity index (χ1) is 20.3. The van der Waals surface area contributed by atoms with Crippen molar-refractivity contribution in [3.05, 3.63) is 52.5 Å². The van der Waals surface area contributed by atoms with Crippen molar-refractivity contribution in [2.45, 2.75) is 82.0 Å². The maximum Gasteiger partial charge on any atom is 0.243 e. The van der Waals surface area contributed by atoms with E-state index in [0.29, 0.717) is 43.7 Å². The molecule has 3 fully saturated rings. The molecule has 3 aliphatic rings. The van der Waals surface area contributed by atoms with Gasteiger partial charge in [0.2, 0.25) is 23.5 Å². The Morgan fingerprint density at radius 1 is 1.12 bits per heavy atom. The predicted molar refractivity (Wildman–Crippen MR) is 160 cm³/mol. The van der Waals surface area contributed by atoms with E-state index in [0.717, 1.165) is 31.2 Å². The number of guanidine groups is 1. The molecule has 42 heavy (non-hydrogen) atoms. The molecule has 0 spiro atoms. The van der Waals surface area contributed by atoms with Gasteiger partial charge in [0, 0.05) is 24.5 Å². The first-order valence-electron chi connectivity index (χ1n) is 14.7. The summed E-state index contributed by atoms with van der Waals surface area (Å²) in [7, 11) is 0. The van der Waals surface area contributed by atoms with E-state index in [4.69, 9.17) is 11.5 Å². The summed E-state index contributed by atoms with van der Waals surface area (Å²) in [5, 5.41) is 5.08. The number of amides is 3. The summed E-state index contributed by atoms with van der Waals surface area (Å²) in [5.41, 5.74) is 12.3. The zero-order valence-corrected chi connectivity index (χ0v) is 24.5. The van der Waals surface area contributed by atoms with Gasteiger partial charge in [-0.05, 0) is 50.0 Å². The normalized spacial score (nSPS) is 24.5. The van der Waals surface area contributed by atoms with Gasteiger partial charge in [-0.1, -0.05) is 43.2 Å². The number of fused-ring (bicyclic) bond motifs is 1. The summed E-state index contributed by atoms with van der Waals surface area (Å²) in [6.45, 7) is 0.377. The average molecular weight is 594 g/mol. The molecule has 224 valence electrons. The summed E-state index contributed by atoms with van der Waals surface area (Å²) in [5.74, 6) is -0.627. The number of benzene rings is 1. The van der Waals surface area contributed by atoms with Crippen LogP contribution in [0.1, 0.15) is 66.7 Å². The number of nitrogens with zero attached hydrogens (tertiary/aromatic N) is 4. The lowest BCUT2D eigenvalue weighted by Gasteiger charge is -2.39. The van der Waals surface area contributed by atoms with Gasteiger partial charge in [-0.25, -0.2) is 4.98 Å². The fraction of sp³-hybridized carbons (Fsp3) is 0.533. The van der Waals surface area contributed by atoms with E-state index >= 15 is 0 Å². The lowest BCUT2D eigenvalue weighted by molar-refractivity contribution is -0.151. The Morgan fingerprint density at radius 2 is 1.93 bits per heavy atom. The van der Waals surface area contributed by atoms with Crippen LogP contribution in [0.4, 0.5) is 0 Å². The third-order valence-electron chi connectivity index (χ3n) is 8.61. The highest BCUT2D eigenvalue weighted by molar-refractivity contribution is 7.11. The molecule has 1 aromatic heterocycles. The number of rotatable bonds is 10. The van der Waals surface area contributed by atoms with Crippen LogP contribution in [-0.4, -0.2) is 81.5 Å². The van der Waals surface area contributed by atoms with Crippen molar-refractivity contribution in [3.63, 3.8) is 0 Å². The van der Waals surface area contributed by atoms with E-state index in [1.165, 1.54) is 11.3 Å². The number of piperazine rings is 1. The van der Waals surface area contributed by atoms with E-state index in [2.05, 4.69) is 15.3 Å². The van der Waals surface area contributed by atoms with Crippen LogP contribution in [0.5, 0.6) is 0 Å². The van der Waals surface area contributed by atoms with Gasteiger partial charge < -0.3 is 26.6 Å². The number of aromatic nitrogens is 1. The summed E-state index contributed by atoms with van der Waals surface area (Å²) in [6.07, 6.45) is 7.57. The van der Waals surface area contributed by atoms with Crippen LogP contribution in [0.3, 0.4) is 0 Å². The standard InChI is InChI=1S/C30H39N7O4S/c31-30(32)34-21-8-4-7-20(15-21)16-23(27(40)29-33-13-14-42-29)35-28(41)24-11-10-22-17-36(18-26(39)37(22)24)25(38)12-9-19-5-2-1-3-6-19/h1-3,5-6,13-14,20-24H,4,7-12,15-18H2,(H,35,41)(H4,31,32,34)/t20?,21?,22-,23?,24?/m0/s1. The highest BCUT2D eigenvalue weighted by Crippen LogP contribution is 2.32. The second kappa shape index (κ2) is 13.5. The fourth-order valence-corrected chi connectivity index (χ4v) is 7.27. The van der Waals surface area contributed by atoms with Gasteiger partial charge in [0.25, 0.3) is 0 Å². The molecule has 3 amide bonds. The molecule has 1 saturated carbocycles. The lowest BCUT2D eigenvalue weighted by Crippen LogP contribution is -2.60. The van der Waals surface area contributed by atoms with Gasteiger partial charge in [-0.15, -0.1) is 11.3 Å². The Kier molecular flexibility index (Phi) is 9.51. The van der Waals surface area contributed by atoms with Gasteiger partial charge >= 0.3 is 0 Å². The van der Waals surface area contributed by atoms with Crippen molar-refractivity contribution in [2.24, 2.45) is 22.4 Å². The maximum absolute atomic E-state index is 13.6. The number of carbonyl (C=O) groups is 4. The zero-order valence-electron chi connectivity index (χ0n) is 23.7. The van der Waals surface area contributed by atoms with E-state index < -0.39 is 12.1 Å². The van der Waals surface area contributed by atoms with Crippen molar-refractivity contribution >= 4 is 40.8 Å². The molecule has 1 aliphatic carbocycles. The minimum absolute atomic E-state index is 0.0000211. The topological polar surface area (TPSA) is 164 Å². The Hall–Kier alpha value is -3.80. The van der Waals surface area contributed by atoms with Crippen molar-refractivity contribution in [1.82, 2.24) is 20.1 Å². The Labute approximate surface area is 249 Å². The largest absolute Gasteiger partial charge is 0.370 e. The van der Waals surface area contributed by atoms with E-state index in [1.807, 2.05) is 30.3 Å². The van der Waals surface area contributed by atoms with Gasteiger partial charge in [-0.2, -0.15) is 0 Å². The van der Waals surface area contributed by atoms with Gasteiger partial charge in [0.05, 0.1) is 24.7 Å². The third-order valence-corrected chi connectivity index (χ3v) is 9.39. The molecule has 3 heterocycles. The molecule has 5 N–H and O–H groups in total. The van der Waals surface area contributed by atoms with Gasteiger partial charge in [-0.3, -0.25) is 24.2 Å². The van der Waals surface area contributed by atoms with E-state index in [1.54, 1.807) is 21.4 Å². The Balaban J connectivity index is 1.22. The maximum atomic E-state index is 13.6.